The lowest BCUT2D eigenvalue weighted by molar-refractivity contribution is -0.143. The molecule has 1 heterocycles. The summed E-state index contributed by atoms with van der Waals surface area (Å²) < 4.78 is 0. The predicted octanol–water partition coefficient (Wildman–Crippen LogP) is 1.20. The van der Waals surface area contributed by atoms with E-state index < -0.39 is 12.0 Å². The minimum atomic E-state index is -0.892. The molecule has 1 atom stereocenters. The molecule has 0 spiro atoms. The Kier molecular flexibility index (Phi) is 6.52. The Bertz CT molecular complexity index is 406. The fraction of sp³-hybridized carbons (Fsp3) is 0.538. The van der Waals surface area contributed by atoms with Gasteiger partial charge in [-0.25, -0.2) is 0 Å². The molecule has 0 saturated carbocycles. The minimum absolute atomic E-state index is 0.106. The number of thiophene rings is 1. The van der Waals surface area contributed by atoms with Crippen molar-refractivity contribution in [3.8, 4) is 0 Å². The van der Waals surface area contributed by atoms with Gasteiger partial charge in [-0.05, 0) is 31.3 Å². The van der Waals surface area contributed by atoms with E-state index in [4.69, 9.17) is 5.11 Å². The van der Waals surface area contributed by atoms with Crippen LogP contribution in [0.1, 0.15) is 18.2 Å². The highest BCUT2D eigenvalue weighted by molar-refractivity contribution is 7.09. The van der Waals surface area contributed by atoms with Crippen molar-refractivity contribution >= 4 is 23.2 Å². The maximum absolute atomic E-state index is 11.7. The van der Waals surface area contributed by atoms with E-state index in [9.17, 15) is 9.59 Å². The van der Waals surface area contributed by atoms with Crippen molar-refractivity contribution in [2.24, 2.45) is 0 Å². The molecule has 1 rings (SSSR count). The largest absolute Gasteiger partial charge is 0.480 e. The first-order chi connectivity index (χ1) is 9.04. The van der Waals surface area contributed by atoms with Crippen LogP contribution < -0.4 is 5.32 Å². The highest BCUT2D eigenvalue weighted by atomic mass is 32.1. The van der Waals surface area contributed by atoms with E-state index in [1.54, 1.807) is 30.2 Å². The van der Waals surface area contributed by atoms with Crippen LogP contribution >= 0.6 is 11.3 Å². The van der Waals surface area contributed by atoms with Crippen molar-refractivity contribution < 1.29 is 14.7 Å². The Balaban J connectivity index is 2.28. The van der Waals surface area contributed by atoms with Crippen LogP contribution in [0.2, 0.25) is 0 Å². The molecule has 6 heteroatoms. The van der Waals surface area contributed by atoms with Crippen LogP contribution in [0.15, 0.2) is 17.5 Å². The van der Waals surface area contributed by atoms with Crippen molar-refractivity contribution in [3.05, 3.63) is 22.4 Å². The van der Waals surface area contributed by atoms with Gasteiger partial charge in [-0.3, -0.25) is 14.5 Å². The summed E-state index contributed by atoms with van der Waals surface area (Å²) in [7, 11) is 1.65. The summed E-state index contributed by atoms with van der Waals surface area (Å²) in [6, 6.07) is 3.40. The normalized spacial score (nSPS) is 12.4. The number of nitrogens with one attached hydrogen (secondary N) is 1. The molecular weight excluding hydrogens is 264 g/mol. The molecule has 1 aromatic heterocycles. The Morgan fingerprint density at radius 2 is 2.26 bits per heavy atom. The zero-order valence-corrected chi connectivity index (χ0v) is 12.1. The van der Waals surface area contributed by atoms with Crippen LogP contribution in [0.4, 0.5) is 0 Å². The SMILES string of the molecule is CCC(C(=O)O)N(C)CC(=O)NCCc1cccs1. The van der Waals surface area contributed by atoms with Crippen LogP contribution in [-0.4, -0.2) is 48.1 Å². The maximum Gasteiger partial charge on any atom is 0.320 e. The van der Waals surface area contributed by atoms with Gasteiger partial charge >= 0.3 is 5.97 Å². The zero-order valence-electron chi connectivity index (χ0n) is 11.3. The molecule has 1 amide bonds. The highest BCUT2D eigenvalue weighted by Gasteiger charge is 2.21. The molecular formula is C13H20N2O3S. The standard InChI is InChI=1S/C13H20N2O3S/c1-3-11(13(17)18)15(2)9-12(16)14-7-6-10-5-4-8-19-10/h4-5,8,11H,3,6-7,9H2,1-2H3,(H,14,16)(H,17,18). The molecule has 0 aliphatic rings. The van der Waals surface area contributed by atoms with E-state index in [1.807, 2.05) is 17.5 Å². The molecule has 1 unspecified atom stereocenters. The number of rotatable bonds is 8. The second-order valence-electron chi connectivity index (χ2n) is 4.36. The molecule has 0 saturated heterocycles. The quantitative estimate of drug-likeness (QED) is 0.752. The van der Waals surface area contributed by atoms with E-state index in [0.29, 0.717) is 13.0 Å². The average molecular weight is 284 g/mol. The van der Waals surface area contributed by atoms with Gasteiger partial charge < -0.3 is 10.4 Å². The number of carbonyl (C=O) groups is 2. The van der Waals surface area contributed by atoms with Crippen LogP contribution in [0.5, 0.6) is 0 Å². The van der Waals surface area contributed by atoms with Gasteiger partial charge in [0, 0.05) is 11.4 Å². The molecule has 106 valence electrons. The first-order valence-electron chi connectivity index (χ1n) is 6.26. The predicted molar refractivity (Wildman–Crippen MR) is 75.4 cm³/mol. The lowest BCUT2D eigenvalue weighted by atomic mass is 10.2. The maximum atomic E-state index is 11.7. The molecule has 0 bridgehead atoms. The molecule has 0 aliphatic carbocycles. The molecule has 0 radical (unpaired) electrons. The Labute approximate surface area is 117 Å². The van der Waals surface area contributed by atoms with Gasteiger partial charge in [-0.15, -0.1) is 11.3 Å². The first-order valence-corrected chi connectivity index (χ1v) is 7.14. The van der Waals surface area contributed by atoms with Crippen molar-refractivity contribution in [1.82, 2.24) is 10.2 Å². The molecule has 19 heavy (non-hydrogen) atoms. The van der Waals surface area contributed by atoms with E-state index in [-0.39, 0.29) is 12.5 Å². The Morgan fingerprint density at radius 3 is 2.79 bits per heavy atom. The third-order valence-corrected chi connectivity index (χ3v) is 3.81. The number of likely N-dealkylation sites (N-methyl/N-ethyl adjacent to an activating group) is 1. The van der Waals surface area contributed by atoms with Gasteiger partial charge in [0.2, 0.25) is 5.91 Å². The summed E-state index contributed by atoms with van der Waals surface area (Å²) in [5.41, 5.74) is 0. The van der Waals surface area contributed by atoms with Crippen LogP contribution in [0.25, 0.3) is 0 Å². The lowest BCUT2D eigenvalue weighted by Crippen LogP contribution is -2.44. The third-order valence-electron chi connectivity index (χ3n) is 2.87. The monoisotopic (exact) mass is 284 g/mol. The fourth-order valence-electron chi connectivity index (χ4n) is 1.85. The van der Waals surface area contributed by atoms with Gasteiger partial charge in [-0.1, -0.05) is 13.0 Å². The Hall–Kier alpha value is -1.40. The van der Waals surface area contributed by atoms with Gasteiger partial charge in [0.15, 0.2) is 0 Å². The van der Waals surface area contributed by atoms with Gasteiger partial charge in [0.25, 0.3) is 0 Å². The third kappa shape index (κ3) is 5.40. The zero-order chi connectivity index (χ0) is 14.3. The van der Waals surface area contributed by atoms with Crippen LogP contribution in [0, 0.1) is 0 Å². The summed E-state index contributed by atoms with van der Waals surface area (Å²) in [4.78, 5) is 25.4. The van der Waals surface area contributed by atoms with Crippen molar-refractivity contribution in [3.63, 3.8) is 0 Å². The number of hydrogen-bond acceptors (Lipinski definition) is 4. The van der Waals surface area contributed by atoms with E-state index in [0.717, 1.165) is 6.42 Å². The second kappa shape index (κ2) is 7.91. The number of aliphatic carboxylic acids is 1. The first kappa shape index (κ1) is 15.7. The molecule has 2 N–H and O–H groups in total. The number of carboxylic acids is 1. The number of carboxylic acid groups (broad SMARTS) is 1. The minimum Gasteiger partial charge on any atom is -0.480 e. The van der Waals surface area contributed by atoms with Crippen LogP contribution in [-0.2, 0) is 16.0 Å². The number of amides is 1. The lowest BCUT2D eigenvalue weighted by Gasteiger charge is -2.22. The molecule has 0 fully saturated rings. The summed E-state index contributed by atoms with van der Waals surface area (Å²) in [6.07, 6.45) is 1.29. The van der Waals surface area contributed by atoms with E-state index in [2.05, 4.69) is 5.32 Å². The average Bonchev–Trinajstić information content (AvgIpc) is 2.82. The second-order valence-corrected chi connectivity index (χ2v) is 5.39. The van der Waals surface area contributed by atoms with Gasteiger partial charge in [-0.2, -0.15) is 0 Å². The van der Waals surface area contributed by atoms with Crippen molar-refractivity contribution in [2.45, 2.75) is 25.8 Å². The Morgan fingerprint density at radius 1 is 1.53 bits per heavy atom. The number of nitrogens with zero attached hydrogens (tertiary/aromatic N) is 1. The van der Waals surface area contributed by atoms with E-state index >= 15 is 0 Å². The highest BCUT2D eigenvalue weighted by Crippen LogP contribution is 2.08. The fourth-order valence-corrected chi connectivity index (χ4v) is 2.56. The van der Waals surface area contributed by atoms with Crippen LogP contribution in [0.3, 0.4) is 0 Å². The topological polar surface area (TPSA) is 69.6 Å². The number of carbonyl (C=O) groups excluding carboxylic acids is 1. The van der Waals surface area contributed by atoms with E-state index in [1.165, 1.54) is 4.88 Å². The summed E-state index contributed by atoms with van der Waals surface area (Å²) in [6.45, 7) is 2.48. The summed E-state index contributed by atoms with van der Waals surface area (Å²) in [5, 5.41) is 13.8. The molecule has 0 aromatic carbocycles. The molecule has 5 nitrogen and oxygen atoms in total. The summed E-state index contributed by atoms with van der Waals surface area (Å²) >= 11 is 1.66. The van der Waals surface area contributed by atoms with Crippen molar-refractivity contribution in [2.75, 3.05) is 20.1 Å². The summed E-state index contributed by atoms with van der Waals surface area (Å²) in [5.74, 6) is -1.03. The van der Waals surface area contributed by atoms with Gasteiger partial charge in [0.1, 0.15) is 6.04 Å². The molecule has 1 aromatic rings. The smallest absolute Gasteiger partial charge is 0.320 e. The van der Waals surface area contributed by atoms with Crippen molar-refractivity contribution in [1.29, 1.82) is 0 Å². The van der Waals surface area contributed by atoms with Gasteiger partial charge in [0.05, 0.1) is 6.54 Å². The number of hydrogen-bond donors (Lipinski definition) is 2. The molecule has 0 aliphatic heterocycles.